The van der Waals surface area contributed by atoms with Crippen LogP contribution in [0.5, 0.6) is 0 Å². The molecule has 0 amide bonds. The first-order chi connectivity index (χ1) is 21.7. The Bertz CT molecular complexity index is 2740. The van der Waals surface area contributed by atoms with Crippen molar-refractivity contribution in [1.29, 1.82) is 5.26 Å². The predicted molar refractivity (Wildman–Crippen MR) is 181 cm³/mol. The number of benzene rings is 7. The third-order valence-electron chi connectivity index (χ3n) is 8.91. The summed E-state index contributed by atoms with van der Waals surface area (Å²) >= 11 is 0. The molecule has 0 aliphatic rings. The highest BCUT2D eigenvalue weighted by atomic mass is 15.0. The van der Waals surface area contributed by atoms with Gasteiger partial charge in [0.05, 0.1) is 45.6 Å². The number of hydrogen-bond donors (Lipinski definition) is 0. The predicted octanol–water partition coefficient (Wildman–Crippen LogP) is 10.6. The molecule has 0 aliphatic carbocycles. The van der Waals surface area contributed by atoms with Crippen molar-refractivity contribution < 1.29 is 0 Å². The van der Waals surface area contributed by atoms with E-state index < -0.39 is 0 Å². The molecule has 202 valence electrons. The number of hydrogen-bond acceptors (Lipinski definition) is 1. The van der Waals surface area contributed by atoms with E-state index in [1.165, 1.54) is 5.39 Å². The van der Waals surface area contributed by atoms with Crippen LogP contribution >= 0.6 is 0 Å². The molecule has 0 unspecified atom stereocenters. The van der Waals surface area contributed by atoms with E-state index in [9.17, 15) is 5.26 Å². The van der Waals surface area contributed by atoms with Crippen LogP contribution in [0.1, 0.15) is 5.56 Å². The smallest absolute Gasteiger partial charge is 0.212 e. The van der Waals surface area contributed by atoms with Gasteiger partial charge in [-0.25, -0.2) is 4.85 Å². The summed E-state index contributed by atoms with van der Waals surface area (Å²) < 4.78 is 4.31. The second-order valence-electron chi connectivity index (χ2n) is 11.2. The van der Waals surface area contributed by atoms with E-state index in [4.69, 9.17) is 6.57 Å². The van der Waals surface area contributed by atoms with Gasteiger partial charge in [-0.3, -0.25) is 0 Å². The highest BCUT2D eigenvalue weighted by molar-refractivity contribution is 6.15. The van der Waals surface area contributed by atoms with Crippen LogP contribution < -0.4 is 0 Å². The number of fused-ring (bicyclic) bond motifs is 8. The van der Waals surface area contributed by atoms with E-state index in [1.54, 1.807) is 0 Å². The molecule has 0 N–H and O–H groups in total. The fourth-order valence-electron chi connectivity index (χ4n) is 6.99. The lowest BCUT2D eigenvalue weighted by atomic mass is 10.1. The van der Waals surface area contributed by atoms with Gasteiger partial charge in [0.15, 0.2) is 0 Å². The Kier molecular flexibility index (Phi) is 5.00. The van der Waals surface area contributed by atoms with E-state index in [0.29, 0.717) is 16.9 Å². The molecule has 0 spiro atoms. The molecule has 0 aliphatic heterocycles. The lowest BCUT2D eigenvalue weighted by Gasteiger charge is -2.17. The summed E-state index contributed by atoms with van der Waals surface area (Å²) in [4.78, 5) is 3.97. The van der Waals surface area contributed by atoms with Crippen LogP contribution in [0.3, 0.4) is 0 Å². The first kappa shape index (κ1) is 24.3. The maximum Gasteiger partial charge on any atom is 0.212 e. The molecular formula is C40H22N4. The van der Waals surface area contributed by atoms with Crippen LogP contribution in [0.25, 0.3) is 81.4 Å². The van der Waals surface area contributed by atoms with Crippen molar-refractivity contribution in [1.82, 2.24) is 9.13 Å². The summed E-state index contributed by atoms with van der Waals surface area (Å²) in [5.74, 6) is 0. The second kappa shape index (κ2) is 9.07. The van der Waals surface area contributed by atoms with Gasteiger partial charge in [0, 0.05) is 21.5 Å². The van der Waals surface area contributed by atoms with E-state index in [2.05, 4.69) is 117 Å². The largest absolute Gasteiger partial charge is 0.318 e. The standard InChI is InChI=1S/C40H22N4/c1-42-34-18-19-37(43-35-16-8-6-14-29(35)31-20-25-10-2-4-12-27(25)22-38(31)43)33(24-41)40(34)44-36-17-9-7-15-30(36)32-21-26-11-3-5-13-28(26)23-39(32)44/h2-23H. The molecule has 0 fully saturated rings. The zero-order chi connectivity index (χ0) is 29.4. The molecule has 2 heterocycles. The average molecular weight is 559 g/mol. The second-order valence-corrected chi connectivity index (χ2v) is 11.2. The van der Waals surface area contributed by atoms with Crippen molar-refractivity contribution in [2.24, 2.45) is 0 Å². The number of aromatic nitrogens is 2. The number of rotatable bonds is 2. The topological polar surface area (TPSA) is 38.0 Å². The summed E-state index contributed by atoms with van der Waals surface area (Å²) in [6, 6.07) is 48.5. The van der Waals surface area contributed by atoms with Gasteiger partial charge in [0.2, 0.25) is 5.69 Å². The maximum atomic E-state index is 11.0. The number of nitriles is 1. The van der Waals surface area contributed by atoms with E-state index in [0.717, 1.165) is 65.5 Å². The Morgan fingerprint density at radius 3 is 1.52 bits per heavy atom. The summed E-state index contributed by atoms with van der Waals surface area (Å²) in [7, 11) is 0. The zero-order valence-electron chi connectivity index (χ0n) is 23.5. The molecule has 0 radical (unpaired) electrons. The summed E-state index contributed by atoms with van der Waals surface area (Å²) in [5.41, 5.74) is 6.23. The van der Waals surface area contributed by atoms with Crippen LogP contribution in [0, 0.1) is 17.9 Å². The van der Waals surface area contributed by atoms with E-state index in [1.807, 2.05) is 36.4 Å². The summed E-state index contributed by atoms with van der Waals surface area (Å²) in [6.07, 6.45) is 0. The van der Waals surface area contributed by atoms with E-state index in [-0.39, 0.29) is 0 Å². The van der Waals surface area contributed by atoms with E-state index >= 15 is 0 Å². The Morgan fingerprint density at radius 2 is 0.977 bits per heavy atom. The molecule has 9 aromatic rings. The minimum Gasteiger partial charge on any atom is -0.318 e. The Labute approximate surface area is 252 Å². The molecule has 9 rings (SSSR count). The highest BCUT2D eigenvalue weighted by Crippen LogP contribution is 2.42. The first-order valence-electron chi connectivity index (χ1n) is 14.5. The van der Waals surface area contributed by atoms with Crippen LogP contribution in [0.15, 0.2) is 133 Å². The lowest BCUT2D eigenvalue weighted by molar-refractivity contribution is 1.12. The normalized spacial score (nSPS) is 11.6. The van der Waals surface area contributed by atoms with Gasteiger partial charge in [-0.05, 0) is 64.0 Å². The Balaban J connectivity index is 1.46. The quantitative estimate of drug-likeness (QED) is 0.195. The van der Waals surface area contributed by atoms with Gasteiger partial charge < -0.3 is 9.13 Å². The monoisotopic (exact) mass is 558 g/mol. The molecule has 44 heavy (non-hydrogen) atoms. The fraction of sp³-hybridized carbons (Fsp3) is 0. The van der Waals surface area contributed by atoms with Gasteiger partial charge in [-0.2, -0.15) is 5.26 Å². The molecule has 7 aromatic carbocycles. The molecule has 0 atom stereocenters. The lowest BCUT2D eigenvalue weighted by Crippen LogP contribution is -2.04. The third kappa shape index (κ3) is 3.25. The minimum absolute atomic E-state index is 0.437. The van der Waals surface area contributed by atoms with Crippen molar-refractivity contribution in [3.05, 3.63) is 150 Å². The molecule has 0 saturated heterocycles. The van der Waals surface area contributed by atoms with Crippen molar-refractivity contribution in [2.45, 2.75) is 0 Å². The van der Waals surface area contributed by atoms with Crippen LogP contribution in [0.4, 0.5) is 5.69 Å². The van der Waals surface area contributed by atoms with Crippen molar-refractivity contribution in [2.75, 3.05) is 0 Å². The van der Waals surface area contributed by atoms with Gasteiger partial charge >= 0.3 is 0 Å². The van der Waals surface area contributed by atoms with Gasteiger partial charge in [0.25, 0.3) is 0 Å². The Morgan fingerprint density at radius 1 is 0.500 bits per heavy atom. The summed E-state index contributed by atoms with van der Waals surface area (Å²) in [6.45, 7) is 8.20. The molecule has 0 bridgehead atoms. The molecule has 0 saturated carbocycles. The van der Waals surface area contributed by atoms with Crippen LogP contribution in [0.2, 0.25) is 0 Å². The maximum absolute atomic E-state index is 11.0. The van der Waals surface area contributed by atoms with Gasteiger partial charge in [-0.1, -0.05) is 91.0 Å². The molecule has 2 aromatic heterocycles. The van der Waals surface area contributed by atoms with Crippen LogP contribution in [-0.4, -0.2) is 9.13 Å². The highest BCUT2D eigenvalue weighted by Gasteiger charge is 2.23. The first-order valence-corrected chi connectivity index (χ1v) is 14.5. The van der Waals surface area contributed by atoms with Gasteiger partial charge in [-0.15, -0.1) is 0 Å². The van der Waals surface area contributed by atoms with Crippen molar-refractivity contribution in [3.8, 4) is 17.4 Å². The van der Waals surface area contributed by atoms with Crippen molar-refractivity contribution >= 4 is 70.8 Å². The molecule has 4 nitrogen and oxygen atoms in total. The third-order valence-corrected chi connectivity index (χ3v) is 8.91. The Hall–Kier alpha value is -6.36. The van der Waals surface area contributed by atoms with Gasteiger partial charge in [0.1, 0.15) is 6.07 Å². The number of para-hydroxylation sites is 2. The minimum atomic E-state index is 0.437. The van der Waals surface area contributed by atoms with Crippen molar-refractivity contribution in [3.63, 3.8) is 0 Å². The van der Waals surface area contributed by atoms with Crippen LogP contribution in [-0.2, 0) is 0 Å². The fourth-order valence-corrected chi connectivity index (χ4v) is 6.99. The summed E-state index contributed by atoms with van der Waals surface area (Å²) in [5, 5.41) is 20.0. The average Bonchev–Trinajstić information content (AvgIpc) is 3.57. The molecular weight excluding hydrogens is 536 g/mol. The molecule has 4 heteroatoms. The zero-order valence-corrected chi connectivity index (χ0v) is 23.5. The SMILES string of the molecule is [C-]#[N+]c1ccc(-n2c3ccccc3c3cc4ccccc4cc32)c(C#N)c1-n1c2ccccc2c2cc3ccccc3cc21. The number of nitrogens with zero attached hydrogens (tertiary/aromatic N) is 4.